The smallest absolute Gasteiger partial charge is 0.328 e. The Bertz CT molecular complexity index is 501. The zero-order valence-electron chi connectivity index (χ0n) is 10.6. The Labute approximate surface area is 110 Å². The Balaban J connectivity index is 2.28. The van der Waals surface area contributed by atoms with Crippen LogP contribution in [0.25, 0.3) is 6.08 Å². The van der Waals surface area contributed by atoms with Crippen molar-refractivity contribution in [1.82, 2.24) is 0 Å². The van der Waals surface area contributed by atoms with E-state index < -0.39 is 17.6 Å². The summed E-state index contributed by atoms with van der Waals surface area (Å²) >= 11 is 0. The summed E-state index contributed by atoms with van der Waals surface area (Å²) in [5.41, 5.74) is 0.153. The molecule has 5 heteroatoms. The third kappa shape index (κ3) is 2.92. The number of hydrogen-bond donors (Lipinski definition) is 1. The van der Waals surface area contributed by atoms with Gasteiger partial charge in [-0.25, -0.2) is 13.6 Å². The number of halogens is 2. The minimum Gasteiger partial charge on any atom is -0.478 e. The normalized spacial score (nSPS) is 15.5. The average Bonchev–Trinajstić information content (AvgIpc) is 2.22. The van der Waals surface area contributed by atoms with Crippen LogP contribution in [0.1, 0.15) is 24.8 Å². The first-order chi connectivity index (χ1) is 8.99. The van der Waals surface area contributed by atoms with Gasteiger partial charge in [0.05, 0.1) is 0 Å². The molecule has 0 aromatic heterocycles. The van der Waals surface area contributed by atoms with E-state index in [0.717, 1.165) is 37.5 Å². The molecule has 102 valence electrons. The van der Waals surface area contributed by atoms with Crippen LogP contribution in [0.15, 0.2) is 18.2 Å². The first-order valence-electron chi connectivity index (χ1n) is 6.12. The van der Waals surface area contributed by atoms with Gasteiger partial charge >= 0.3 is 5.97 Å². The highest BCUT2D eigenvalue weighted by atomic mass is 19.1. The highest BCUT2D eigenvalue weighted by molar-refractivity contribution is 5.85. The number of carbonyl (C=O) groups is 1. The number of rotatable bonds is 4. The van der Waals surface area contributed by atoms with Crippen LogP contribution in [0.3, 0.4) is 0 Å². The fourth-order valence-corrected chi connectivity index (χ4v) is 2.14. The average molecular weight is 267 g/mol. The van der Waals surface area contributed by atoms with E-state index in [1.54, 1.807) is 11.9 Å². The van der Waals surface area contributed by atoms with Gasteiger partial charge in [-0.1, -0.05) is 0 Å². The van der Waals surface area contributed by atoms with Crippen molar-refractivity contribution in [3.8, 4) is 0 Å². The SMILES string of the molecule is CN(c1c(F)cc(/C=C/C(=O)O)cc1F)C1CCC1. The predicted octanol–water partition coefficient (Wildman–Crippen LogP) is 3.05. The molecule has 2 rings (SSSR count). The molecule has 0 heterocycles. The Hall–Kier alpha value is -1.91. The van der Waals surface area contributed by atoms with Gasteiger partial charge < -0.3 is 10.0 Å². The summed E-state index contributed by atoms with van der Waals surface area (Å²) in [4.78, 5) is 12.0. The topological polar surface area (TPSA) is 40.5 Å². The second-order valence-corrected chi connectivity index (χ2v) is 4.70. The summed E-state index contributed by atoms with van der Waals surface area (Å²) in [7, 11) is 1.68. The summed E-state index contributed by atoms with van der Waals surface area (Å²) in [6, 6.07) is 2.48. The van der Waals surface area contributed by atoms with Gasteiger partial charge in [0, 0.05) is 19.2 Å². The maximum absolute atomic E-state index is 13.9. The molecule has 0 aliphatic heterocycles. The quantitative estimate of drug-likeness (QED) is 0.852. The lowest BCUT2D eigenvalue weighted by molar-refractivity contribution is -0.131. The molecule has 1 aliphatic rings. The van der Waals surface area contributed by atoms with Gasteiger partial charge in [-0.15, -0.1) is 0 Å². The van der Waals surface area contributed by atoms with Crippen molar-refractivity contribution in [2.45, 2.75) is 25.3 Å². The van der Waals surface area contributed by atoms with E-state index >= 15 is 0 Å². The molecule has 1 fully saturated rings. The van der Waals surface area contributed by atoms with Gasteiger partial charge in [0.2, 0.25) is 0 Å². The lowest BCUT2D eigenvalue weighted by Crippen LogP contribution is -2.38. The van der Waals surface area contributed by atoms with Crippen molar-refractivity contribution >= 4 is 17.7 Å². The molecule has 3 nitrogen and oxygen atoms in total. The van der Waals surface area contributed by atoms with Gasteiger partial charge in [0.15, 0.2) is 0 Å². The monoisotopic (exact) mass is 267 g/mol. The minimum atomic E-state index is -1.16. The first kappa shape index (κ1) is 13.5. The number of benzene rings is 1. The second-order valence-electron chi connectivity index (χ2n) is 4.70. The highest BCUT2D eigenvalue weighted by Crippen LogP contribution is 2.32. The van der Waals surface area contributed by atoms with Crippen molar-refractivity contribution in [1.29, 1.82) is 0 Å². The summed E-state index contributed by atoms with van der Waals surface area (Å²) in [6.45, 7) is 0. The summed E-state index contributed by atoms with van der Waals surface area (Å²) in [5, 5.41) is 8.49. The lowest BCUT2D eigenvalue weighted by Gasteiger charge is -2.36. The van der Waals surface area contributed by atoms with Crippen LogP contribution in [0.4, 0.5) is 14.5 Å². The van der Waals surface area contributed by atoms with Crippen molar-refractivity contribution < 1.29 is 18.7 Å². The molecule has 1 saturated carbocycles. The van der Waals surface area contributed by atoms with Crippen LogP contribution in [-0.2, 0) is 4.79 Å². The number of aliphatic carboxylic acids is 1. The Morgan fingerprint density at radius 3 is 2.37 bits per heavy atom. The molecule has 1 aromatic rings. The molecule has 0 spiro atoms. The highest BCUT2D eigenvalue weighted by Gasteiger charge is 2.26. The van der Waals surface area contributed by atoms with Gasteiger partial charge in [-0.2, -0.15) is 0 Å². The maximum atomic E-state index is 13.9. The molecule has 1 aliphatic carbocycles. The van der Waals surface area contributed by atoms with Crippen LogP contribution >= 0.6 is 0 Å². The fourth-order valence-electron chi connectivity index (χ4n) is 2.14. The number of anilines is 1. The zero-order chi connectivity index (χ0) is 14.0. The number of carboxylic acid groups (broad SMARTS) is 1. The molecule has 0 amide bonds. The molecule has 0 atom stereocenters. The molecule has 1 aromatic carbocycles. The molecule has 0 bridgehead atoms. The molecule has 19 heavy (non-hydrogen) atoms. The van der Waals surface area contributed by atoms with E-state index in [1.165, 1.54) is 6.08 Å². The zero-order valence-corrected chi connectivity index (χ0v) is 10.6. The Morgan fingerprint density at radius 2 is 1.95 bits per heavy atom. The Kier molecular flexibility index (Phi) is 3.83. The lowest BCUT2D eigenvalue weighted by atomic mass is 9.91. The van der Waals surface area contributed by atoms with Crippen LogP contribution in [0.2, 0.25) is 0 Å². The molecule has 0 radical (unpaired) electrons. The standard InChI is InChI=1S/C14H15F2NO2/c1-17(10-3-2-4-10)14-11(15)7-9(8-12(14)16)5-6-13(18)19/h5-8,10H,2-4H2,1H3,(H,18,19)/b6-5+. The van der Waals surface area contributed by atoms with Crippen molar-refractivity contribution in [2.75, 3.05) is 11.9 Å². The van der Waals surface area contributed by atoms with Crippen LogP contribution in [0, 0.1) is 11.6 Å². The van der Waals surface area contributed by atoms with Gasteiger partial charge in [0.25, 0.3) is 0 Å². The van der Waals surface area contributed by atoms with Crippen LogP contribution in [-0.4, -0.2) is 24.2 Å². The molecule has 0 unspecified atom stereocenters. The minimum absolute atomic E-state index is 0.0443. The molecule has 1 N–H and O–H groups in total. The number of nitrogens with zero attached hydrogens (tertiary/aromatic N) is 1. The van der Waals surface area contributed by atoms with Gasteiger partial charge in [-0.05, 0) is 43.0 Å². The second kappa shape index (κ2) is 5.38. The van der Waals surface area contributed by atoms with Gasteiger partial charge in [-0.3, -0.25) is 0 Å². The molecular weight excluding hydrogens is 252 g/mol. The largest absolute Gasteiger partial charge is 0.478 e. The van der Waals surface area contributed by atoms with E-state index in [0.29, 0.717) is 0 Å². The van der Waals surface area contributed by atoms with E-state index in [2.05, 4.69) is 0 Å². The molecular formula is C14H15F2NO2. The summed E-state index contributed by atoms with van der Waals surface area (Å²) in [6.07, 6.45) is 4.98. The van der Waals surface area contributed by atoms with Crippen molar-refractivity contribution in [3.05, 3.63) is 35.4 Å². The number of hydrogen-bond acceptors (Lipinski definition) is 2. The Morgan fingerprint density at radius 1 is 1.37 bits per heavy atom. The van der Waals surface area contributed by atoms with Crippen LogP contribution < -0.4 is 4.90 Å². The number of carboxylic acids is 1. The van der Waals surface area contributed by atoms with Gasteiger partial charge in [0.1, 0.15) is 17.3 Å². The summed E-state index contributed by atoms with van der Waals surface area (Å²) < 4.78 is 27.9. The molecule has 0 saturated heterocycles. The van der Waals surface area contributed by atoms with Crippen LogP contribution in [0.5, 0.6) is 0 Å². The summed E-state index contributed by atoms with van der Waals surface area (Å²) in [5.74, 6) is -2.49. The third-order valence-electron chi connectivity index (χ3n) is 3.43. The fraction of sp³-hybridized carbons (Fsp3) is 0.357. The van der Waals surface area contributed by atoms with Crippen molar-refractivity contribution in [3.63, 3.8) is 0 Å². The van der Waals surface area contributed by atoms with E-state index in [9.17, 15) is 13.6 Å². The van der Waals surface area contributed by atoms with E-state index in [4.69, 9.17) is 5.11 Å². The first-order valence-corrected chi connectivity index (χ1v) is 6.12. The maximum Gasteiger partial charge on any atom is 0.328 e. The van der Waals surface area contributed by atoms with E-state index in [1.807, 2.05) is 0 Å². The third-order valence-corrected chi connectivity index (χ3v) is 3.43. The van der Waals surface area contributed by atoms with E-state index in [-0.39, 0.29) is 17.3 Å². The van der Waals surface area contributed by atoms with Crippen molar-refractivity contribution in [2.24, 2.45) is 0 Å². The predicted molar refractivity (Wildman–Crippen MR) is 69.1 cm³/mol.